The molecule has 0 unspecified atom stereocenters. The lowest BCUT2D eigenvalue weighted by molar-refractivity contribution is -0.146. The number of hydrogen-bond acceptors (Lipinski definition) is 16. The van der Waals surface area contributed by atoms with E-state index >= 15 is 0 Å². The average molecular weight is 1120 g/mol. The predicted molar refractivity (Wildman–Crippen MR) is 292 cm³/mol. The number of carboxylic acid groups (broad SMARTS) is 3. The van der Waals surface area contributed by atoms with Gasteiger partial charge < -0.3 is 59.1 Å². The summed E-state index contributed by atoms with van der Waals surface area (Å²) in [6, 6.07) is 18.1. The van der Waals surface area contributed by atoms with E-state index in [4.69, 9.17) is 38.3 Å². The molecule has 0 saturated heterocycles. The molecule has 78 heavy (non-hydrogen) atoms. The van der Waals surface area contributed by atoms with Crippen LogP contribution in [0.25, 0.3) is 0 Å². The highest BCUT2D eigenvalue weighted by molar-refractivity contribution is 7.80. The van der Waals surface area contributed by atoms with Gasteiger partial charge in [0, 0.05) is 69.8 Å². The third-order valence-corrected chi connectivity index (χ3v) is 12.5. The summed E-state index contributed by atoms with van der Waals surface area (Å²) < 4.78 is 38.5. The van der Waals surface area contributed by atoms with Crippen LogP contribution in [0.3, 0.4) is 0 Å². The molecule has 0 heterocycles. The quantitative estimate of drug-likeness (QED) is 0.0338. The zero-order valence-electron chi connectivity index (χ0n) is 45.3. The van der Waals surface area contributed by atoms with Crippen LogP contribution in [-0.4, -0.2) is 173 Å². The molecule has 0 aliphatic rings. The van der Waals surface area contributed by atoms with Crippen molar-refractivity contribution >= 4 is 59.7 Å². The fourth-order valence-corrected chi connectivity index (χ4v) is 8.21. The van der Waals surface area contributed by atoms with Gasteiger partial charge in [-0.25, -0.2) is 0 Å². The highest BCUT2D eigenvalue weighted by Gasteiger charge is 2.29. The molecule has 438 valence electrons. The Kier molecular flexibility index (Phi) is 40.4. The van der Waals surface area contributed by atoms with E-state index < -0.39 is 66.7 Å². The lowest BCUT2D eigenvalue weighted by atomic mass is 9.90. The van der Waals surface area contributed by atoms with Crippen LogP contribution in [0.2, 0.25) is 0 Å². The summed E-state index contributed by atoms with van der Waals surface area (Å²) >= 11 is 4.08. The van der Waals surface area contributed by atoms with Gasteiger partial charge in [-0.05, 0) is 56.1 Å². The third kappa shape index (κ3) is 36.9. The lowest BCUT2D eigenvalue weighted by Crippen LogP contribution is -2.46. The molecule has 2 aromatic carbocycles. The van der Waals surface area contributed by atoms with E-state index in [-0.39, 0.29) is 61.9 Å². The summed E-state index contributed by atoms with van der Waals surface area (Å²) in [5, 5.41) is 33.5. The van der Waals surface area contributed by atoms with Crippen molar-refractivity contribution in [2.45, 2.75) is 115 Å². The second-order valence-corrected chi connectivity index (χ2v) is 19.3. The topological polar surface area (TPSA) is 286 Å². The maximum absolute atomic E-state index is 14.0. The summed E-state index contributed by atoms with van der Waals surface area (Å²) in [6.45, 7) is 6.70. The molecule has 0 aliphatic carbocycles. The number of carbonyl (C=O) groups is 8. The lowest BCUT2D eigenvalue weighted by Gasteiger charge is -2.22. The second-order valence-electron chi connectivity index (χ2n) is 18.8. The number of carboxylic acids is 3. The fraction of sp³-hybridized carbons (Fsp3) is 0.649. The molecule has 2 aromatic rings. The highest BCUT2D eigenvalue weighted by atomic mass is 32.1. The number of Topliss-reactive ketones (excluding diaryl/α,β-unsaturated/α-hetero) is 3. The molecule has 0 radical (unpaired) electrons. The molecule has 0 aromatic heterocycles. The first-order valence-electron chi connectivity index (χ1n) is 27.3. The van der Waals surface area contributed by atoms with Crippen molar-refractivity contribution in [1.82, 2.24) is 10.6 Å². The van der Waals surface area contributed by atoms with Gasteiger partial charge in [-0.1, -0.05) is 79.9 Å². The minimum atomic E-state index is -1.33. The smallest absolute Gasteiger partial charge is 0.306 e. The molecule has 2 rings (SSSR count). The van der Waals surface area contributed by atoms with Gasteiger partial charge in [-0.2, -0.15) is 12.6 Å². The Hall–Kier alpha value is -5.13. The Bertz CT molecular complexity index is 1980. The largest absolute Gasteiger partial charge is 0.481 e. The number of ketones is 3. The van der Waals surface area contributed by atoms with E-state index in [0.717, 1.165) is 30.4 Å². The molecule has 21 heteroatoms. The molecule has 0 aliphatic heterocycles. The number of amides is 2. The van der Waals surface area contributed by atoms with Crippen molar-refractivity contribution < 1.29 is 86.8 Å². The molecular formula is C57H86N2O18S. The van der Waals surface area contributed by atoms with Gasteiger partial charge >= 0.3 is 17.9 Å². The normalized spacial score (nSPS) is 12.8. The van der Waals surface area contributed by atoms with Gasteiger partial charge in [-0.15, -0.1) is 0 Å². The first-order valence-corrected chi connectivity index (χ1v) is 28.0. The Morgan fingerprint density at radius 3 is 1.37 bits per heavy atom. The molecule has 5 N–H and O–H groups in total. The monoisotopic (exact) mass is 1120 g/mol. The summed E-state index contributed by atoms with van der Waals surface area (Å²) in [5.41, 5.74) is 1.79. The van der Waals surface area contributed by atoms with Crippen LogP contribution in [0.1, 0.15) is 107 Å². The summed E-state index contributed by atoms with van der Waals surface area (Å²) in [7, 11) is 0. The number of aliphatic carboxylic acids is 3. The number of ether oxygens (including phenoxy) is 7. The van der Waals surface area contributed by atoms with Crippen molar-refractivity contribution in [2.75, 3.05) is 105 Å². The van der Waals surface area contributed by atoms with E-state index in [1.165, 1.54) is 0 Å². The van der Waals surface area contributed by atoms with Crippen LogP contribution in [-0.2, 0) is 84.4 Å². The third-order valence-electron chi connectivity index (χ3n) is 12.4. The Morgan fingerprint density at radius 1 is 0.449 bits per heavy atom. The number of rotatable bonds is 53. The summed E-state index contributed by atoms with van der Waals surface area (Å²) in [6.07, 6.45) is 3.25. The van der Waals surface area contributed by atoms with Crippen molar-refractivity contribution in [1.29, 1.82) is 0 Å². The Balaban J connectivity index is 1.70. The minimum Gasteiger partial charge on any atom is -0.481 e. The Morgan fingerprint density at radius 2 is 0.885 bits per heavy atom. The van der Waals surface area contributed by atoms with Crippen molar-refractivity contribution in [3.05, 3.63) is 71.8 Å². The van der Waals surface area contributed by atoms with Crippen LogP contribution in [0.15, 0.2) is 60.7 Å². The van der Waals surface area contributed by atoms with Gasteiger partial charge in [0.15, 0.2) is 5.78 Å². The maximum atomic E-state index is 14.0. The molecule has 0 fully saturated rings. The molecule has 0 saturated carbocycles. The molecule has 0 spiro atoms. The van der Waals surface area contributed by atoms with Crippen LogP contribution >= 0.6 is 12.6 Å². The van der Waals surface area contributed by atoms with Crippen molar-refractivity contribution in [3.8, 4) is 0 Å². The van der Waals surface area contributed by atoms with E-state index in [0.29, 0.717) is 137 Å². The molecule has 20 nitrogen and oxygen atoms in total. The fourth-order valence-electron chi connectivity index (χ4n) is 8.08. The van der Waals surface area contributed by atoms with E-state index in [1.807, 2.05) is 60.7 Å². The summed E-state index contributed by atoms with van der Waals surface area (Å²) in [5.74, 6) is -7.79. The first kappa shape index (κ1) is 69.0. The summed E-state index contributed by atoms with van der Waals surface area (Å²) in [4.78, 5) is 100. The van der Waals surface area contributed by atoms with Crippen molar-refractivity contribution in [2.24, 2.45) is 17.8 Å². The van der Waals surface area contributed by atoms with Crippen molar-refractivity contribution in [3.63, 3.8) is 0 Å². The minimum absolute atomic E-state index is 0.0181. The van der Waals surface area contributed by atoms with Gasteiger partial charge in [0.2, 0.25) is 11.8 Å². The first-order chi connectivity index (χ1) is 37.8. The zero-order chi connectivity index (χ0) is 56.9. The SMILES string of the molecule is O=C(O)CC[C@H](CC(=O)C[C@@H](CCC(=O)NCCCCCCCC(=O)C[C@@H](Cc1ccccc1)C(=O)N[C@@H](Cc1ccccc1)C(=O)CCCOCCOCCOCCOCCOCCOCCOCCS)C(=O)O)C(=O)O. The predicted octanol–water partition coefficient (Wildman–Crippen LogP) is 5.78. The van der Waals surface area contributed by atoms with Gasteiger partial charge in [-0.3, -0.25) is 38.4 Å². The number of hydrogen-bond donors (Lipinski definition) is 6. The van der Waals surface area contributed by atoms with Crippen LogP contribution in [0.4, 0.5) is 0 Å². The Labute approximate surface area is 465 Å². The van der Waals surface area contributed by atoms with Crippen LogP contribution < -0.4 is 10.6 Å². The number of thiol groups is 1. The van der Waals surface area contributed by atoms with Gasteiger partial charge in [0.25, 0.3) is 0 Å². The van der Waals surface area contributed by atoms with Gasteiger partial charge in [0.1, 0.15) is 11.6 Å². The maximum Gasteiger partial charge on any atom is 0.306 e. The standard InChI is InChI=1S/C57H86N2O18S/c60-49(17-10-2-1-3-11-23-58-53(63)21-19-46(56(67)68)41-50(61)42-47(57(69)70)20-22-54(64)65)43-48(39-44-13-6-4-7-14-44)55(66)59-51(40-45-15-8-5-9-16-45)52(62)18-12-24-71-25-26-72-27-28-73-29-30-74-31-32-75-33-34-76-35-36-77-37-38-78/h4-9,13-16,46-48,51,78H,1-3,10-12,17-43H2,(H,58,63)(H,59,66)(H,64,65)(H,67,68)(H,69,70)/t46-,47-,48-,51+/m1/s1. The van der Waals surface area contributed by atoms with E-state index in [1.54, 1.807) is 0 Å². The number of unbranched alkanes of at least 4 members (excludes halogenated alkanes) is 4. The van der Waals surface area contributed by atoms with Crippen LogP contribution in [0.5, 0.6) is 0 Å². The molecular weight excluding hydrogens is 1030 g/mol. The van der Waals surface area contributed by atoms with E-state index in [9.17, 15) is 48.6 Å². The molecule has 4 atom stereocenters. The number of nitrogens with one attached hydrogen (secondary N) is 2. The van der Waals surface area contributed by atoms with Gasteiger partial charge in [0.05, 0.1) is 104 Å². The molecule has 2 amide bonds. The molecule has 0 bridgehead atoms. The number of benzene rings is 2. The average Bonchev–Trinajstić information content (AvgIpc) is 3.42. The highest BCUT2D eigenvalue weighted by Crippen LogP contribution is 2.20. The van der Waals surface area contributed by atoms with Crippen LogP contribution in [0, 0.1) is 17.8 Å². The zero-order valence-corrected chi connectivity index (χ0v) is 46.2. The van der Waals surface area contributed by atoms with E-state index in [2.05, 4.69) is 23.3 Å². The second kappa shape index (κ2) is 45.7. The number of carbonyl (C=O) groups excluding carboxylic acids is 5.